The second-order valence-electron chi connectivity index (χ2n) is 6.88. The van der Waals surface area contributed by atoms with E-state index in [1.54, 1.807) is 4.90 Å². The molecule has 0 atom stereocenters. The molecule has 3 rings (SSSR count). The lowest BCUT2D eigenvalue weighted by molar-refractivity contribution is -0.134. The number of amides is 2. The highest BCUT2D eigenvalue weighted by Gasteiger charge is 2.22. The number of carbonyl (C=O) groups excluding carboxylic acids is 2. The molecule has 2 aromatic carbocycles. The van der Waals surface area contributed by atoms with E-state index in [9.17, 15) is 9.59 Å². The van der Waals surface area contributed by atoms with E-state index in [1.165, 1.54) is 0 Å². The molecule has 27 heavy (non-hydrogen) atoms. The molecule has 2 amide bonds. The first kappa shape index (κ1) is 19.0. The lowest BCUT2D eigenvalue weighted by Gasteiger charge is -2.22. The third-order valence-electron chi connectivity index (χ3n) is 4.74. The first-order valence-corrected chi connectivity index (χ1v) is 9.41. The molecule has 1 aliphatic heterocycles. The first-order valence-electron chi connectivity index (χ1n) is 9.41. The molecule has 0 saturated carbocycles. The summed E-state index contributed by atoms with van der Waals surface area (Å²) in [6, 6.07) is 17.4. The van der Waals surface area contributed by atoms with Crippen molar-refractivity contribution >= 4 is 11.8 Å². The largest absolute Gasteiger partial charge is 0.484 e. The maximum absolute atomic E-state index is 12.6. The van der Waals surface area contributed by atoms with Crippen LogP contribution in [-0.2, 0) is 16.0 Å². The Morgan fingerprint density at radius 1 is 0.889 bits per heavy atom. The minimum atomic E-state index is -0.0353. The molecule has 0 unspecified atom stereocenters. The molecule has 0 radical (unpaired) electrons. The molecular formula is C22H26N2O3. The van der Waals surface area contributed by atoms with Gasteiger partial charge in [0, 0.05) is 26.2 Å². The number of rotatable bonds is 5. The average Bonchev–Trinajstić information content (AvgIpc) is 2.93. The van der Waals surface area contributed by atoms with Gasteiger partial charge in [0.15, 0.2) is 6.61 Å². The summed E-state index contributed by atoms with van der Waals surface area (Å²) in [6.45, 7) is 4.53. The van der Waals surface area contributed by atoms with Crippen LogP contribution in [0, 0.1) is 6.92 Å². The second kappa shape index (κ2) is 9.21. The van der Waals surface area contributed by atoms with Gasteiger partial charge in [-0.25, -0.2) is 0 Å². The average molecular weight is 366 g/mol. The number of carbonyl (C=O) groups is 2. The highest BCUT2D eigenvalue weighted by atomic mass is 16.5. The van der Waals surface area contributed by atoms with Gasteiger partial charge in [0.05, 0.1) is 6.42 Å². The molecule has 1 aliphatic rings. The highest BCUT2D eigenvalue weighted by Crippen LogP contribution is 2.11. The summed E-state index contributed by atoms with van der Waals surface area (Å²) in [6.07, 6.45) is 1.20. The minimum absolute atomic E-state index is 0.0290. The molecule has 5 nitrogen and oxygen atoms in total. The molecule has 0 spiro atoms. The van der Waals surface area contributed by atoms with Crippen molar-refractivity contribution in [2.45, 2.75) is 19.8 Å². The summed E-state index contributed by atoms with van der Waals surface area (Å²) in [5.74, 6) is 0.776. The van der Waals surface area contributed by atoms with Gasteiger partial charge in [-0.2, -0.15) is 0 Å². The topological polar surface area (TPSA) is 49.9 Å². The van der Waals surface area contributed by atoms with Gasteiger partial charge < -0.3 is 14.5 Å². The van der Waals surface area contributed by atoms with Crippen LogP contribution in [0.1, 0.15) is 17.5 Å². The number of hydrogen-bond acceptors (Lipinski definition) is 3. The Morgan fingerprint density at radius 3 is 2.30 bits per heavy atom. The smallest absolute Gasteiger partial charge is 0.260 e. The first-order chi connectivity index (χ1) is 13.1. The van der Waals surface area contributed by atoms with E-state index in [0.29, 0.717) is 38.3 Å². The Labute approximate surface area is 160 Å². The molecule has 0 N–H and O–H groups in total. The van der Waals surface area contributed by atoms with Gasteiger partial charge in [-0.1, -0.05) is 48.0 Å². The summed E-state index contributed by atoms with van der Waals surface area (Å²) in [7, 11) is 0. The quantitative estimate of drug-likeness (QED) is 0.817. The molecule has 1 fully saturated rings. The highest BCUT2D eigenvalue weighted by molar-refractivity contribution is 5.80. The summed E-state index contributed by atoms with van der Waals surface area (Å²) in [5, 5.41) is 0. The van der Waals surface area contributed by atoms with Gasteiger partial charge in [0.1, 0.15) is 5.75 Å². The maximum Gasteiger partial charge on any atom is 0.260 e. The number of benzene rings is 2. The van der Waals surface area contributed by atoms with E-state index in [-0.39, 0.29) is 18.4 Å². The lowest BCUT2D eigenvalue weighted by Crippen LogP contribution is -2.39. The second-order valence-corrected chi connectivity index (χ2v) is 6.88. The number of ether oxygens (including phenoxy) is 1. The van der Waals surface area contributed by atoms with Crippen LogP contribution in [-0.4, -0.2) is 54.4 Å². The van der Waals surface area contributed by atoms with Gasteiger partial charge in [-0.3, -0.25) is 9.59 Å². The van der Waals surface area contributed by atoms with Crippen molar-refractivity contribution in [2.75, 3.05) is 32.8 Å². The maximum atomic E-state index is 12.6. The monoisotopic (exact) mass is 366 g/mol. The van der Waals surface area contributed by atoms with Gasteiger partial charge in [0.2, 0.25) is 5.91 Å². The zero-order valence-electron chi connectivity index (χ0n) is 15.8. The van der Waals surface area contributed by atoms with E-state index in [4.69, 9.17) is 4.74 Å². The summed E-state index contributed by atoms with van der Waals surface area (Å²) < 4.78 is 5.55. The van der Waals surface area contributed by atoms with Crippen LogP contribution in [0.3, 0.4) is 0 Å². The summed E-state index contributed by atoms with van der Waals surface area (Å²) in [4.78, 5) is 28.7. The van der Waals surface area contributed by atoms with E-state index in [0.717, 1.165) is 17.5 Å². The van der Waals surface area contributed by atoms with Crippen molar-refractivity contribution in [1.29, 1.82) is 0 Å². The third-order valence-corrected chi connectivity index (χ3v) is 4.74. The Bertz CT molecular complexity index is 776. The Morgan fingerprint density at radius 2 is 1.59 bits per heavy atom. The van der Waals surface area contributed by atoms with Crippen molar-refractivity contribution in [2.24, 2.45) is 0 Å². The molecule has 2 aromatic rings. The van der Waals surface area contributed by atoms with Crippen molar-refractivity contribution in [3.05, 3.63) is 65.7 Å². The minimum Gasteiger partial charge on any atom is -0.484 e. The van der Waals surface area contributed by atoms with Crippen molar-refractivity contribution in [1.82, 2.24) is 9.80 Å². The predicted molar refractivity (Wildman–Crippen MR) is 105 cm³/mol. The van der Waals surface area contributed by atoms with Crippen LogP contribution in [0.2, 0.25) is 0 Å². The van der Waals surface area contributed by atoms with E-state index in [1.807, 2.05) is 66.4 Å². The molecule has 0 aromatic heterocycles. The fourth-order valence-corrected chi connectivity index (χ4v) is 3.28. The normalized spacial score (nSPS) is 14.6. The van der Waals surface area contributed by atoms with Crippen LogP contribution in [0.25, 0.3) is 0 Å². The lowest BCUT2D eigenvalue weighted by atomic mass is 10.1. The zero-order valence-corrected chi connectivity index (χ0v) is 15.8. The molecular weight excluding hydrogens is 340 g/mol. The number of nitrogens with zero attached hydrogens (tertiary/aromatic N) is 2. The summed E-state index contributed by atoms with van der Waals surface area (Å²) >= 11 is 0. The van der Waals surface area contributed by atoms with E-state index in [2.05, 4.69) is 0 Å². The third kappa shape index (κ3) is 5.58. The zero-order chi connectivity index (χ0) is 19.1. The number of aryl methyl sites for hydroxylation is 1. The molecule has 1 heterocycles. The van der Waals surface area contributed by atoms with E-state index < -0.39 is 0 Å². The standard InChI is InChI=1S/C22H26N2O3/c1-18-7-5-8-19(15-18)16-21(25)23-11-6-12-24(14-13-23)22(26)17-27-20-9-3-2-4-10-20/h2-5,7-10,15H,6,11-14,16-17H2,1H3. The molecule has 1 saturated heterocycles. The fourth-order valence-electron chi connectivity index (χ4n) is 3.28. The van der Waals surface area contributed by atoms with Gasteiger partial charge in [0.25, 0.3) is 5.91 Å². The van der Waals surface area contributed by atoms with Crippen LogP contribution in [0.4, 0.5) is 0 Å². The van der Waals surface area contributed by atoms with Gasteiger partial charge in [-0.15, -0.1) is 0 Å². The number of hydrogen-bond donors (Lipinski definition) is 0. The SMILES string of the molecule is Cc1cccc(CC(=O)N2CCCN(C(=O)COc3ccccc3)CC2)c1. The Balaban J connectivity index is 1.49. The molecule has 142 valence electrons. The van der Waals surface area contributed by atoms with Crippen molar-refractivity contribution < 1.29 is 14.3 Å². The van der Waals surface area contributed by atoms with Crippen LogP contribution in [0.5, 0.6) is 5.75 Å². The molecule has 0 aliphatic carbocycles. The van der Waals surface area contributed by atoms with Crippen LogP contribution in [0.15, 0.2) is 54.6 Å². The molecule has 5 heteroatoms. The molecule has 0 bridgehead atoms. The Hall–Kier alpha value is -2.82. The van der Waals surface area contributed by atoms with Crippen LogP contribution < -0.4 is 4.74 Å². The summed E-state index contributed by atoms with van der Waals surface area (Å²) in [5.41, 5.74) is 2.19. The fraction of sp³-hybridized carbons (Fsp3) is 0.364. The van der Waals surface area contributed by atoms with Crippen LogP contribution >= 0.6 is 0 Å². The Kier molecular flexibility index (Phi) is 6.47. The van der Waals surface area contributed by atoms with Crippen molar-refractivity contribution in [3.63, 3.8) is 0 Å². The van der Waals surface area contributed by atoms with Gasteiger partial charge in [-0.05, 0) is 31.0 Å². The van der Waals surface area contributed by atoms with Gasteiger partial charge >= 0.3 is 0 Å². The predicted octanol–water partition coefficient (Wildman–Crippen LogP) is 2.68. The van der Waals surface area contributed by atoms with E-state index >= 15 is 0 Å². The van der Waals surface area contributed by atoms with Crippen molar-refractivity contribution in [3.8, 4) is 5.75 Å². The number of para-hydroxylation sites is 1.